The van der Waals surface area contributed by atoms with Gasteiger partial charge in [0, 0.05) is 18.7 Å². The van der Waals surface area contributed by atoms with E-state index >= 15 is 0 Å². The molecule has 0 spiro atoms. The van der Waals surface area contributed by atoms with E-state index in [9.17, 15) is 32.4 Å². The number of nitrogens with zero attached hydrogens (tertiary/aromatic N) is 2. The first-order valence-electron chi connectivity index (χ1n) is 8.66. The number of carbonyl (C=O) groups excluding carboxylic acids is 5. The van der Waals surface area contributed by atoms with Crippen LogP contribution in [0.2, 0.25) is 0 Å². The van der Waals surface area contributed by atoms with Crippen LogP contribution in [0.5, 0.6) is 0 Å². The zero-order valence-electron chi connectivity index (χ0n) is 16.6. The normalized spacial score (nSPS) is 27.4. The molecule has 13 heteroatoms. The summed E-state index contributed by atoms with van der Waals surface area (Å²) in [6.07, 6.45) is 3.42. The Labute approximate surface area is 189 Å². The zero-order chi connectivity index (χ0) is 20.6. The third-order valence-corrected chi connectivity index (χ3v) is 6.21. The molecule has 0 aromatic carbocycles. The Morgan fingerprint density at radius 3 is 2.14 bits per heavy atom. The van der Waals surface area contributed by atoms with Crippen LogP contribution in [-0.4, -0.2) is 64.3 Å². The van der Waals surface area contributed by atoms with Crippen molar-refractivity contribution in [2.24, 2.45) is 11.8 Å². The van der Waals surface area contributed by atoms with E-state index in [0.717, 1.165) is 4.90 Å². The van der Waals surface area contributed by atoms with Crippen LogP contribution in [0.25, 0.3) is 0 Å². The van der Waals surface area contributed by atoms with Crippen LogP contribution in [0.15, 0.2) is 12.2 Å². The predicted octanol–water partition coefficient (Wildman–Crippen LogP) is -3.69. The van der Waals surface area contributed by atoms with E-state index in [1.54, 1.807) is 0 Å². The maximum atomic E-state index is 12.2. The van der Waals surface area contributed by atoms with E-state index in [0.29, 0.717) is 25.7 Å². The Morgan fingerprint density at radius 1 is 1.10 bits per heavy atom. The molecule has 154 valence electrons. The third-order valence-electron chi connectivity index (χ3n) is 5.12. The fourth-order valence-corrected chi connectivity index (χ4v) is 4.23. The molecule has 1 N–H and O–H groups in total. The van der Waals surface area contributed by atoms with Crippen molar-refractivity contribution in [3.63, 3.8) is 0 Å². The summed E-state index contributed by atoms with van der Waals surface area (Å²) in [5.74, 6) is -4.48. The molecule has 4 amide bonds. The van der Waals surface area contributed by atoms with Crippen LogP contribution >= 0.6 is 0 Å². The number of imide groups is 2. The average Bonchev–Trinajstić information content (AvgIpc) is 3.09. The fraction of sp³-hybridized carbons (Fsp3) is 0.562. The van der Waals surface area contributed by atoms with Gasteiger partial charge in [-0.25, -0.2) is 4.79 Å². The predicted molar refractivity (Wildman–Crippen MR) is 90.3 cm³/mol. The van der Waals surface area contributed by atoms with Crippen LogP contribution < -0.4 is 29.6 Å². The second-order valence-electron chi connectivity index (χ2n) is 6.98. The summed E-state index contributed by atoms with van der Waals surface area (Å²) in [5.41, 5.74) is 0. The van der Waals surface area contributed by atoms with E-state index in [1.165, 1.54) is 12.2 Å². The standard InChI is InChI=1S/C16H18N2O9S.Na.H/c19-12-5-6-13(20)17(12)8-9-1-3-10(4-2-9)16(23)27-18-14(21)7-11(15(18)22)28(24,25)26;;/h5-6,9-11H,1-4,7-8H2,(H,24,25,26);;/q;+1;-1. The minimum absolute atomic E-state index is 0. The van der Waals surface area contributed by atoms with Crippen molar-refractivity contribution >= 4 is 39.7 Å². The molecule has 1 aliphatic carbocycles. The Morgan fingerprint density at radius 2 is 1.66 bits per heavy atom. The number of hydrogen-bond acceptors (Lipinski definition) is 8. The number of amides is 4. The molecule has 11 nitrogen and oxygen atoms in total. The monoisotopic (exact) mass is 438 g/mol. The van der Waals surface area contributed by atoms with E-state index < -0.39 is 45.5 Å². The van der Waals surface area contributed by atoms with Crippen molar-refractivity contribution in [2.45, 2.75) is 37.4 Å². The van der Waals surface area contributed by atoms with Gasteiger partial charge < -0.3 is 6.26 Å². The van der Waals surface area contributed by atoms with E-state index in [4.69, 9.17) is 9.39 Å². The molecule has 1 saturated carbocycles. The molecule has 0 aromatic heterocycles. The van der Waals surface area contributed by atoms with E-state index in [1.807, 2.05) is 0 Å². The molecule has 3 aliphatic rings. The smallest absolute Gasteiger partial charge is 1.00 e. The summed E-state index contributed by atoms with van der Waals surface area (Å²) in [4.78, 5) is 65.0. The topological polar surface area (TPSA) is 155 Å². The zero-order valence-corrected chi connectivity index (χ0v) is 18.5. The number of hydrogen-bond donors (Lipinski definition) is 1. The molecule has 2 fully saturated rings. The summed E-state index contributed by atoms with van der Waals surface area (Å²) in [6, 6.07) is 0. The number of hydroxylamine groups is 2. The molecule has 0 aromatic rings. The van der Waals surface area contributed by atoms with Gasteiger partial charge in [0.25, 0.3) is 33.7 Å². The molecule has 0 bridgehead atoms. The second kappa shape index (κ2) is 9.04. The summed E-state index contributed by atoms with van der Waals surface area (Å²) >= 11 is 0. The molecule has 2 heterocycles. The first-order valence-corrected chi connectivity index (χ1v) is 10.2. The van der Waals surface area contributed by atoms with Gasteiger partial charge >= 0.3 is 35.5 Å². The Kier molecular flexibility index (Phi) is 7.38. The van der Waals surface area contributed by atoms with Crippen LogP contribution in [0.4, 0.5) is 0 Å². The van der Waals surface area contributed by atoms with Crippen LogP contribution in [0.1, 0.15) is 33.5 Å². The summed E-state index contributed by atoms with van der Waals surface area (Å²) in [7, 11) is -4.77. The van der Waals surface area contributed by atoms with Gasteiger partial charge in [0.1, 0.15) is 0 Å². The maximum Gasteiger partial charge on any atom is 1.00 e. The van der Waals surface area contributed by atoms with Crippen LogP contribution in [0, 0.1) is 11.8 Å². The van der Waals surface area contributed by atoms with Crippen molar-refractivity contribution in [2.75, 3.05) is 6.54 Å². The van der Waals surface area contributed by atoms with Gasteiger partial charge in [-0.15, -0.1) is 5.06 Å². The number of rotatable bonds is 5. The van der Waals surface area contributed by atoms with Crippen molar-refractivity contribution < 1.29 is 72.8 Å². The molecule has 3 rings (SSSR count). The van der Waals surface area contributed by atoms with Crippen molar-refractivity contribution in [3.05, 3.63) is 12.2 Å². The first-order chi connectivity index (χ1) is 13.1. The third kappa shape index (κ3) is 5.12. The second-order valence-corrected chi connectivity index (χ2v) is 8.58. The SMILES string of the molecule is O=C(ON1C(=O)CC(S(=O)(=O)O)C1=O)C1CCC(CN2C(=O)C=CC2=O)CC1.[H-].[Na+]. The average molecular weight is 438 g/mol. The summed E-state index contributed by atoms with van der Waals surface area (Å²) in [6.45, 7) is 0.256. The molecule has 1 saturated heterocycles. The summed E-state index contributed by atoms with van der Waals surface area (Å²) in [5, 5.41) is -1.87. The van der Waals surface area contributed by atoms with Gasteiger partial charge in [0.05, 0.1) is 12.3 Å². The van der Waals surface area contributed by atoms with Gasteiger partial charge in [-0.1, -0.05) is 0 Å². The van der Waals surface area contributed by atoms with Gasteiger partial charge in [-0.3, -0.25) is 28.6 Å². The minimum atomic E-state index is -4.77. The van der Waals surface area contributed by atoms with Crippen LogP contribution in [-0.2, 0) is 38.9 Å². The van der Waals surface area contributed by atoms with E-state index in [-0.39, 0.29) is 60.3 Å². The van der Waals surface area contributed by atoms with Crippen LogP contribution in [0.3, 0.4) is 0 Å². The van der Waals surface area contributed by atoms with Gasteiger partial charge in [-0.05, 0) is 31.6 Å². The van der Waals surface area contributed by atoms with Gasteiger partial charge in [0.2, 0.25) is 0 Å². The fourth-order valence-electron chi connectivity index (χ4n) is 3.53. The van der Waals surface area contributed by atoms with Crippen molar-refractivity contribution in [3.8, 4) is 0 Å². The molecular weight excluding hydrogens is 419 g/mol. The molecule has 29 heavy (non-hydrogen) atoms. The van der Waals surface area contributed by atoms with E-state index in [2.05, 4.69) is 0 Å². The van der Waals surface area contributed by atoms with Crippen molar-refractivity contribution in [1.29, 1.82) is 0 Å². The largest absolute Gasteiger partial charge is 1.00 e. The minimum Gasteiger partial charge on any atom is -1.00 e. The molecule has 1 atom stereocenters. The molecule has 1 unspecified atom stereocenters. The Balaban J connectivity index is 0.00000225. The summed E-state index contributed by atoms with van der Waals surface area (Å²) < 4.78 is 31.2. The molecular formula is C16H19N2NaO9S. The quantitative estimate of drug-likeness (QED) is 0.259. The number of carbonyl (C=O) groups is 5. The maximum absolute atomic E-state index is 12.2. The Bertz CT molecular complexity index is 865. The first kappa shape index (κ1) is 23.7. The van der Waals surface area contributed by atoms with Gasteiger partial charge in [-0.2, -0.15) is 8.42 Å². The Hall–Kier alpha value is -1.60. The van der Waals surface area contributed by atoms with Gasteiger partial charge in [0.15, 0.2) is 5.25 Å². The molecule has 0 radical (unpaired) electrons. The van der Waals surface area contributed by atoms with Crippen molar-refractivity contribution in [1.82, 2.24) is 9.96 Å². The molecule has 2 aliphatic heterocycles.